The van der Waals surface area contributed by atoms with Crippen LogP contribution in [0.5, 0.6) is 5.75 Å². The molecule has 0 bridgehead atoms. The van der Waals surface area contributed by atoms with Crippen LogP contribution in [0.1, 0.15) is 20.8 Å². The van der Waals surface area contributed by atoms with Crippen LogP contribution in [0.25, 0.3) is 0 Å². The number of anilines is 1. The average molecular weight is 295 g/mol. The summed E-state index contributed by atoms with van der Waals surface area (Å²) in [5, 5.41) is 16.6. The molecule has 1 aromatic carbocycles. The predicted octanol–water partition coefficient (Wildman–Crippen LogP) is 2.18. The first-order valence-corrected chi connectivity index (χ1v) is 6.69. The van der Waals surface area contributed by atoms with Gasteiger partial charge in [0.15, 0.2) is 5.75 Å². The first-order chi connectivity index (χ1) is 9.81. The third kappa shape index (κ3) is 4.34. The van der Waals surface area contributed by atoms with E-state index in [1.807, 2.05) is 13.8 Å². The van der Waals surface area contributed by atoms with E-state index in [9.17, 15) is 14.9 Å². The number of carbonyl (C=O) groups excluding carboxylic acids is 1. The van der Waals surface area contributed by atoms with Gasteiger partial charge in [-0.2, -0.15) is 0 Å². The smallest absolute Gasteiger partial charge is 0.311 e. The lowest BCUT2D eigenvalue weighted by Crippen LogP contribution is -2.39. The largest absolute Gasteiger partial charge is 0.487 e. The van der Waals surface area contributed by atoms with E-state index >= 15 is 0 Å². The molecule has 0 saturated heterocycles. The van der Waals surface area contributed by atoms with Crippen LogP contribution in [0, 0.1) is 15.5 Å². The van der Waals surface area contributed by atoms with Gasteiger partial charge in [0.25, 0.3) is 0 Å². The van der Waals surface area contributed by atoms with Crippen molar-refractivity contribution in [2.75, 3.05) is 25.5 Å². The second-order valence-corrected chi connectivity index (χ2v) is 5.19. The maximum Gasteiger partial charge on any atom is 0.311 e. The summed E-state index contributed by atoms with van der Waals surface area (Å²) in [6.45, 7) is 6.13. The number of rotatable bonds is 7. The van der Waals surface area contributed by atoms with Crippen molar-refractivity contribution in [1.82, 2.24) is 5.32 Å². The van der Waals surface area contributed by atoms with Gasteiger partial charge in [-0.3, -0.25) is 14.9 Å². The molecule has 0 atom stereocenters. The summed E-state index contributed by atoms with van der Waals surface area (Å²) in [5.41, 5.74) is -0.00328. The number of ether oxygens (including phenoxy) is 1. The van der Waals surface area contributed by atoms with E-state index in [-0.39, 0.29) is 17.3 Å². The van der Waals surface area contributed by atoms with Crippen molar-refractivity contribution in [3.05, 3.63) is 28.3 Å². The highest BCUT2D eigenvalue weighted by molar-refractivity contribution is 5.82. The van der Waals surface area contributed by atoms with Gasteiger partial charge in [-0.1, -0.05) is 0 Å². The maximum atomic E-state index is 11.7. The summed E-state index contributed by atoms with van der Waals surface area (Å²) in [6.07, 6.45) is 0. The first-order valence-electron chi connectivity index (χ1n) is 6.69. The van der Waals surface area contributed by atoms with E-state index in [1.54, 1.807) is 26.1 Å². The third-order valence-electron chi connectivity index (χ3n) is 3.03. The Morgan fingerprint density at radius 3 is 2.62 bits per heavy atom. The van der Waals surface area contributed by atoms with Crippen LogP contribution in [-0.2, 0) is 4.79 Å². The molecule has 0 aliphatic rings. The van der Waals surface area contributed by atoms with Gasteiger partial charge in [0.1, 0.15) is 0 Å². The molecule has 0 radical (unpaired) electrons. The zero-order chi connectivity index (χ0) is 16.0. The number of benzene rings is 1. The minimum Gasteiger partial charge on any atom is -0.487 e. The fraction of sp³-hybridized carbons (Fsp3) is 0.500. The lowest BCUT2D eigenvalue weighted by atomic mass is 9.92. The lowest BCUT2D eigenvalue weighted by Gasteiger charge is -2.23. The molecule has 7 heteroatoms. The summed E-state index contributed by atoms with van der Waals surface area (Å²) in [7, 11) is 1.59. The summed E-state index contributed by atoms with van der Waals surface area (Å²) < 4.78 is 5.28. The molecule has 0 fully saturated rings. The van der Waals surface area contributed by atoms with Crippen LogP contribution in [0.3, 0.4) is 0 Å². The van der Waals surface area contributed by atoms with Crippen LogP contribution in [0.2, 0.25) is 0 Å². The van der Waals surface area contributed by atoms with Crippen molar-refractivity contribution in [3.8, 4) is 5.75 Å². The van der Waals surface area contributed by atoms with Gasteiger partial charge in [0.2, 0.25) is 5.91 Å². The monoisotopic (exact) mass is 295 g/mol. The molecule has 116 valence electrons. The molecule has 0 unspecified atom stereocenters. The quantitative estimate of drug-likeness (QED) is 0.594. The standard InChI is InChI=1S/C14H21N3O4/c1-5-21-12-8-10(6-7-11(12)17(19)20)16-9-14(2,3)13(18)15-4/h6-8,16H,5,9H2,1-4H3,(H,15,18). The van der Waals surface area contributed by atoms with Gasteiger partial charge in [-0.25, -0.2) is 0 Å². The molecular weight excluding hydrogens is 274 g/mol. The molecule has 1 rings (SSSR count). The van der Waals surface area contributed by atoms with Gasteiger partial charge in [-0.15, -0.1) is 0 Å². The van der Waals surface area contributed by atoms with Crippen LogP contribution in [0.4, 0.5) is 11.4 Å². The fourth-order valence-corrected chi connectivity index (χ4v) is 1.79. The van der Waals surface area contributed by atoms with Crippen molar-refractivity contribution in [1.29, 1.82) is 0 Å². The summed E-state index contributed by atoms with van der Waals surface area (Å²) >= 11 is 0. The number of nitro groups is 1. The predicted molar refractivity (Wildman–Crippen MR) is 80.6 cm³/mol. The lowest BCUT2D eigenvalue weighted by molar-refractivity contribution is -0.385. The topological polar surface area (TPSA) is 93.5 Å². The Kier molecular flexibility index (Phi) is 5.52. The zero-order valence-electron chi connectivity index (χ0n) is 12.7. The van der Waals surface area contributed by atoms with E-state index in [2.05, 4.69) is 10.6 Å². The molecular formula is C14H21N3O4. The van der Waals surface area contributed by atoms with Crippen molar-refractivity contribution < 1.29 is 14.5 Å². The highest BCUT2D eigenvalue weighted by Crippen LogP contribution is 2.30. The molecule has 0 heterocycles. The van der Waals surface area contributed by atoms with Crippen LogP contribution in [0.15, 0.2) is 18.2 Å². The SMILES string of the molecule is CCOc1cc(NCC(C)(C)C(=O)NC)ccc1[N+](=O)[O-]. The van der Waals surface area contributed by atoms with E-state index in [0.717, 1.165) is 0 Å². The minimum atomic E-state index is -0.595. The molecule has 0 saturated carbocycles. The van der Waals surface area contributed by atoms with E-state index in [0.29, 0.717) is 18.8 Å². The number of carbonyl (C=O) groups is 1. The second kappa shape index (κ2) is 6.92. The first kappa shape index (κ1) is 16.7. The summed E-state index contributed by atoms with van der Waals surface area (Å²) in [4.78, 5) is 22.1. The highest BCUT2D eigenvalue weighted by atomic mass is 16.6. The Bertz CT molecular complexity index is 529. The minimum absolute atomic E-state index is 0.0760. The molecule has 21 heavy (non-hydrogen) atoms. The van der Waals surface area contributed by atoms with Crippen LogP contribution in [-0.4, -0.2) is 31.0 Å². The highest BCUT2D eigenvalue weighted by Gasteiger charge is 2.26. The molecule has 1 amide bonds. The van der Waals surface area contributed by atoms with Gasteiger partial charge < -0.3 is 15.4 Å². The fourth-order valence-electron chi connectivity index (χ4n) is 1.79. The third-order valence-corrected chi connectivity index (χ3v) is 3.03. The van der Waals surface area contributed by atoms with Crippen LogP contribution < -0.4 is 15.4 Å². The van der Waals surface area contributed by atoms with E-state index < -0.39 is 10.3 Å². The zero-order valence-corrected chi connectivity index (χ0v) is 12.7. The molecule has 0 spiro atoms. The van der Waals surface area contributed by atoms with Crippen molar-refractivity contribution in [2.24, 2.45) is 5.41 Å². The Morgan fingerprint density at radius 1 is 1.43 bits per heavy atom. The second-order valence-electron chi connectivity index (χ2n) is 5.19. The van der Waals surface area contributed by atoms with Gasteiger partial charge in [-0.05, 0) is 26.8 Å². The van der Waals surface area contributed by atoms with E-state index in [4.69, 9.17) is 4.74 Å². The molecule has 0 aliphatic carbocycles. The molecule has 1 aromatic rings. The number of nitrogens with one attached hydrogen (secondary N) is 2. The summed E-state index contributed by atoms with van der Waals surface area (Å²) in [6, 6.07) is 4.56. The molecule has 0 aliphatic heterocycles. The number of hydrogen-bond acceptors (Lipinski definition) is 5. The number of amides is 1. The van der Waals surface area contributed by atoms with Gasteiger partial charge in [0, 0.05) is 31.4 Å². The summed E-state index contributed by atoms with van der Waals surface area (Å²) in [5.74, 6) is 0.132. The van der Waals surface area contributed by atoms with Crippen LogP contribution >= 0.6 is 0 Å². The van der Waals surface area contributed by atoms with Gasteiger partial charge in [0.05, 0.1) is 16.9 Å². The average Bonchev–Trinajstić information content (AvgIpc) is 2.44. The Hall–Kier alpha value is -2.31. The molecule has 2 N–H and O–H groups in total. The normalized spacial score (nSPS) is 10.9. The number of hydrogen-bond donors (Lipinski definition) is 2. The number of nitro benzene ring substituents is 1. The van der Waals surface area contributed by atoms with Crippen molar-refractivity contribution in [3.63, 3.8) is 0 Å². The maximum absolute atomic E-state index is 11.7. The molecule has 0 aromatic heterocycles. The van der Waals surface area contributed by atoms with Gasteiger partial charge >= 0.3 is 5.69 Å². The Morgan fingerprint density at radius 2 is 2.10 bits per heavy atom. The van der Waals surface area contributed by atoms with Crippen molar-refractivity contribution in [2.45, 2.75) is 20.8 Å². The van der Waals surface area contributed by atoms with E-state index in [1.165, 1.54) is 6.07 Å². The Labute approximate surface area is 123 Å². The Balaban J connectivity index is 2.88. The van der Waals surface area contributed by atoms with Crippen molar-refractivity contribution >= 4 is 17.3 Å². The number of nitrogens with zero attached hydrogens (tertiary/aromatic N) is 1. The molecule has 7 nitrogen and oxygen atoms in total.